The molecule has 0 spiro atoms. The Morgan fingerprint density at radius 3 is 1.61 bits per heavy atom. The summed E-state index contributed by atoms with van der Waals surface area (Å²) in [6, 6.07) is 0. The van der Waals surface area contributed by atoms with Gasteiger partial charge >= 0.3 is 51.4 Å². The van der Waals surface area contributed by atoms with Crippen molar-refractivity contribution in [2.75, 3.05) is 12.5 Å². The number of hydrogen-bond donors (Lipinski definition) is 0. The van der Waals surface area contributed by atoms with Crippen LogP contribution in [-0.2, 0) is 27.0 Å². The third kappa shape index (κ3) is 14.8. The first-order valence-electron chi connectivity index (χ1n) is 4.60. The summed E-state index contributed by atoms with van der Waals surface area (Å²) in [5.41, 5.74) is 0. The van der Waals surface area contributed by atoms with E-state index in [9.17, 15) is 8.42 Å². The average Bonchev–Trinajstić information content (AvgIpc) is 2.51. The summed E-state index contributed by atoms with van der Waals surface area (Å²) in [4.78, 5) is 3.66. The zero-order chi connectivity index (χ0) is 14.3. The number of imidazole rings is 1. The maximum atomic E-state index is 10.8. The molecule has 1 aromatic rings. The molecule has 1 rings (SSSR count). The predicted molar refractivity (Wildman–Crippen MR) is 63.3 cm³/mol. The van der Waals surface area contributed by atoms with Crippen LogP contribution in [0.2, 0.25) is 0 Å². The number of aryl methyl sites for hydroxylation is 1. The summed E-state index contributed by atoms with van der Waals surface area (Å²) in [6.45, 7) is 4.00. The van der Waals surface area contributed by atoms with Gasteiger partial charge in [-0.2, -0.15) is 0 Å². The Balaban J connectivity index is -0.000000243. The molecule has 0 aliphatic heterocycles. The normalized spacial score (nSPS) is 10.1. The fraction of sp³-hybridized carbons (Fsp3) is 0.625. The van der Waals surface area contributed by atoms with Crippen molar-refractivity contribution >= 4 is 20.0 Å². The SMILES string of the molecule is CC.CS(=O)(=O)[O-].Cn1ccnc1S(C)(=O)=O.[K+]. The van der Waals surface area contributed by atoms with Crippen LogP contribution in [0.5, 0.6) is 0 Å². The van der Waals surface area contributed by atoms with E-state index in [1.807, 2.05) is 13.8 Å². The van der Waals surface area contributed by atoms with Gasteiger partial charge in [0.2, 0.25) is 15.0 Å². The fourth-order valence-corrected chi connectivity index (χ4v) is 1.55. The molecule has 0 aliphatic carbocycles. The van der Waals surface area contributed by atoms with Crippen molar-refractivity contribution in [2.45, 2.75) is 19.0 Å². The first-order valence-corrected chi connectivity index (χ1v) is 8.31. The number of sulfone groups is 1. The van der Waals surface area contributed by atoms with Crippen LogP contribution in [0.3, 0.4) is 0 Å². The molecule has 1 heterocycles. The van der Waals surface area contributed by atoms with Crippen LogP contribution in [0.25, 0.3) is 0 Å². The fourth-order valence-electron chi connectivity index (χ4n) is 0.709. The summed E-state index contributed by atoms with van der Waals surface area (Å²) in [6.07, 6.45) is 4.79. The van der Waals surface area contributed by atoms with Crippen LogP contribution >= 0.6 is 0 Å². The van der Waals surface area contributed by atoms with Crippen LogP contribution < -0.4 is 51.4 Å². The minimum Gasteiger partial charge on any atom is -0.748 e. The van der Waals surface area contributed by atoms with E-state index < -0.39 is 20.0 Å². The van der Waals surface area contributed by atoms with Crippen molar-refractivity contribution in [3.05, 3.63) is 12.4 Å². The van der Waals surface area contributed by atoms with E-state index >= 15 is 0 Å². The summed E-state index contributed by atoms with van der Waals surface area (Å²) < 4.78 is 50.4. The molecule has 18 heavy (non-hydrogen) atoms. The van der Waals surface area contributed by atoms with Gasteiger partial charge in [0.25, 0.3) is 0 Å². The van der Waals surface area contributed by atoms with Crippen LogP contribution in [0.4, 0.5) is 0 Å². The van der Waals surface area contributed by atoms with Crippen molar-refractivity contribution < 1.29 is 72.8 Å². The Kier molecular flexibility index (Phi) is 13.9. The summed E-state index contributed by atoms with van der Waals surface area (Å²) in [7, 11) is -5.41. The van der Waals surface area contributed by atoms with Gasteiger partial charge in [-0.05, 0) is 0 Å². The average molecular weight is 324 g/mol. The van der Waals surface area contributed by atoms with Crippen molar-refractivity contribution in [2.24, 2.45) is 7.05 Å². The standard InChI is InChI=1S/C5H8N2O2S.C2H6.CH4O3S.K/c1-7-4-3-6-5(7)10(2,8)9;1-2;1-5(2,3)4;/h3-4H,1-2H3;1-2H3;1H3,(H,2,3,4);/q;;;+1/p-1. The minimum atomic E-state index is -3.92. The van der Waals surface area contributed by atoms with Crippen LogP contribution in [0.15, 0.2) is 17.6 Å². The molecular weight excluding hydrogens is 307 g/mol. The molecule has 0 saturated heterocycles. The van der Waals surface area contributed by atoms with Gasteiger partial charge in [0.15, 0.2) is 0 Å². The van der Waals surface area contributed by atoms with Gasteiger partial charge in [0, 0.05) is 32.0 Å². The molecular formula is C8H17KN2O5S2. The van der Waals surface area contributed by atoms with E-state index in [4.69, 9.17) is 13.0 Å². The summed E-state index contributed by atoms with van der Waals surface area (Å²) in [5, 5.41) is 0.104. The third-order valence-corrected chi connectivity index (χ3v) is 2.17. The molecule has 0 unspecified atom stereocenters. The van der Waals surface area contributed by atoms with E-state index in [0.717, 1.165) is 6.26 Å². The largest absolute Gasteiger partial charge is 1.00 e. The molecule has 0 aliphatic rings. The first kappa shape index (κ1) is 23.8. The second kappa shape index (κ2) is 10.5. The Morgan fingerprint density at radius 2 is 1.50 bits per heavy atom. The molecule has 0 radical (unpaired) electrons. The van der Waals surface area contributed by atoms with Crippen molar-refractivity contribution in [1.82, 2.24) is 9.55 Å². The molecule has 0 aromatic carbocycles. The Morgan fingerprint density at radius 1 is 1.17 bits per heavy atom. The van der Waals surface area contributed by atoms with E-state index in [1.54, 1.807) is 13.2 Å². The topological polar surface area (TPSA) is 109 Å². The van der Waals surface area contributed by atoms with E-state index in [1.165, 1.54) is 10.8 Å². The maximum Gasteiger partial charge on any atom is 1.00 e. The van der Waals surface area contributed by atoms with Gasteiger partial charge in [-0.1, -0.05) is 13.8 Å². The molecule has 0 N–H and O–H groups in total. The number of hydrogen-bond acceptors (Lipinski definition) is 6. The van der Waals surface area contributed by atoms with Crippen molar-refractivity contribution in [1.29, 1.82) is 0 Å². The van der Waals surface area contributed by atoms with E-state index in [-0.39, 0.29) is 56.5 Å². The zero-order valence-corrected chi connectivity index (χ0v) is 16.2. The molecule has 0 atom stereocenters. The Bertz CT molecular complexity index is 513. The monoisotopic (exact) mass is 324 g/mol. The van der Waals surface area contributed by atoms with Crippen LogP contribution in [0, 0.1) is 0 Å². The molecule has 0 saturated carbocycles. The number of rotatable bonds is 1. The van der Waals surface area contributed by atoms with Gasteiger partial charge < -0.3 is 9.12 Å². The number of aromatic nitrogens is 2. The van der Waals surface area contributed by atoms with Crippen LogP contribution in [-0.4, -0.2) is 43.5 Å². The first-order chi connectivity index (χ1) is 7.52. The molecule has 102 valence electrons. The number of nitrogens with zero attached hydrogens (tertiary/aromatic N) is 2. The summed E-state index contributed by atoms with van der Waals surface area (Å²) >= 11 is 0. The molecule has 10 heteroatoms. The van der Waals surface area contributed by atoms with Gasteiger partial charge in [-0.25, -0.2) is 21.8 Å². The second-order valence-corrected chi connectivity index (χ2v) is 6.11. The minimum absolute atomic E-state index is 0. The maximum absolute atomic E-state index is 10.8. The smallest absolute Gasteiger partial charge is 0.748 e. The van der Waals surface area contributed by atoms with Gasteiger partial charge in [-0.3, -0.25) is 0 Å². The molecule has 0 bridgehead atoms. The van der Waals surface area contributed by atoms with Crippen LogP contribution in [0.1, 0.15) is 13.8 Å². The quantitative estimate of drug-likeness (QED) is 0.403. The predicted octanol–water partition coefficient (Wildman–Crippen LogP) is -2.98. The van der Waals surface area contributed by atoms with Crippen molar-refractivity contribution in [3.8, 4) is 0 Å². The van der Waals surface area contributed by atoms with Crippen molar-refractivity contribution in [3.63, 3.8) is 0 Å². The Hall–Kier alpha value is 0.706. The third-order valence-electron chi connectivity index (χ3n) is 1.11. The van der Waals surface area contributed by atoms with E-state index in [2.05, 4.69) is 4.98 Å². The molecule has 0 amide bonds. The molecule has 1 aromatic heterocycles. The molecule has 7 nitrogen and oxygen atoms in total. The van der Waals surface area contributed by atoms with Gasteiger partial charge in [0.05, 0.1) is 10.1 Å². The zero-order valence-electron chi connectivity index (χ0n) is 11.4. The van der Waals surface area contributed by atoms with Gasteiger partial charge in [0.1, 0.15) is 0 Å². The summed E-state index contributed by atoms with van der Waals surface area (Å²) in [5.74, 6) is 0. The molecule has 0 fully saturated rings. The second-order valence-electron chi connectivity index (χ2n) is 2.80. The van der Waals surface area contributed by atoms with Gasteiger partial charge in [-0.15, -0.1) is 0 Å². The Labute approximate surface area is 151 Å². The van der Waals surface area contributed by atoms with E-state index in [0.29, 0.717) is 6.26 Å².